The predicted octanol–water partition coefficient (Wildman–Crippen LogP) is -0.298. The molecule has 6 heteroatoms. The van der Waals surface area contributed by atoms with Gasteiger partial charge in [0.2, 0.25) is 6.79 Å². The average molecular weight is 234 g/mol. The van der Waals surface area contributed by atoms with Gasteiger partial charge in [0, 0.05) is 6.54 Å². The lowest BCUT2D eigenvalue weighted by Crippen LogP contribution is -2.51. The zero-order valence-corrected chi connectivity index (χ0v) is 8.86. The van der Waals surface area contributed by atoms with E-state index in [1.807, 2.05) is 12.1 Å². The standard InChI is InChI=1S/C11H10N2O4/c14-10-11(15)13-7(4-12-10)6-1-2-8-9(3-6)17-5-16-8/h1-3,7H,4-5H2,(H,12,14)(H,13,15). The van der Waals surface area contributed by atoms with Crippen LogP contribution in [-0.4, -0.2) is 25.2 Å². The Morgan fingerprint density at radius 1 is 1.12 bits per heavy atom. The average Bonchev–Trinajstić information content (AvgIpc) is 2.79. The molecule has 2 amide bonds. The van der Waals surface area contributed by atoms with Crippen molar-refractivity contribution in [2.75, 3.05) is 13.3 Å². The van der Waals surface area contributed by atoms with Crippen LogP contribution in [0, 0.1) is 0 Å². The van der Waals surface area contributed by atoms with Crippen LogP contribution in [0.4, 0.5) is 0 Å². The number of benzene rings is 1. The van der Waals surface area contributed by atoms with Crippen molar-refractivity contribution in [2.45, 2.75) is 6.04 Å². The summed E-state index contributed by atoms with van der Waals surface area (Å²) in [6, 6.07) is 5.22. The van der Waals surface area contributed by atoms with Gasteiger partial charge in [0.15, 0.2) is 11.5 Å². The van der Waals surface area contributed by atoms with Crippen LogP contribution >= 0.6 is 0 Å². The highest BCUT2D eigenvalue weighted by Crippen LogP contribution is 2.34. The van der Waals surface area contributed by atoms with Crippen molar-refractivity contribution in [3.63, 3.8) is 0 Å². The van der Waals surface area contributed by atoms with Gasteiger partial charge in [0.1, 0.15) is 0 Å². The van der Waals surface area contributed by atoms with E-state index >= 15 is 0 Å². The van der Waals surface area contributed by atoms with Crippen LogP contribution in [0.15, 0.2) is 18.2 Å². The largest absolute Gasteiger partial charge is 0.454 e. The van der Waals surface area contributed by atoms with Crippen LogP contribution in [0.5, 0.6) is 11.5 Å². The molecule has 2 heterocycles. The number of amides is 2. The van der Waals surface area contributed by atoms with Crippen LogP contribution in [-0.2, 0) is 9.59 Å². The maximum absolute atomic E-state index is 11.2. The van der Waals surface area contributed by atoms with Gasteiger partial charge in [-0.15, -0.1) is 0 Å². The molecule has 1 atom stereocenters. The lowest BCUT2D eigenvalue weighted by Gasteiger charge is -2.23. The third-order valence-electron chi connectivity index (χ3n) is 2.78. The number of fused-ring (bicyclic) bond motifs is 1. The van der Waals surface area contributed by atoms with Gasteiger partial charge in [-0.3, -0.25) is 9.59 Å². The van der Waals surface area contributed by atoms with Crippen molar-refractivity contribution in [1.29, 1.82) is 0 Å². The molecule has 0 aromatic heterocycles. The van der Waals surface area contributed by atoms with Gasteiger partial charge in [-0.05, 0) is 17.7 Å². The van der Waals surface area contributed by atoms with Crippen molar-refractivity contribution < 1.29 is 19.1 Å². The quantitative estimate of drug-likeness (QED) is 0.654. The number of carbonyl (C=O) groups excluding carboxylic acids is 2. The van der Waals surface area contributed by atoms with E-state index in [0.29, 0.717) is 18.0 Å². The molecular formula is C11H10N2O4. The summed E-state index contributed by atoms with van der Waals surface area (Å²) in [6.45, 7) is 0.594. The van der Waals surface area contributed by atoms with E-state index in [1.54, 1.807) is 6.07 Å². The minimum atomic E-state index is -0.612. The van der Waals surface area contributed by atoms with Gasteiger partial charge in [-0.1, -0.05) is 6.07 Å². The van der Waals surface area contributed by atoms with Crippen molar-refractivity contribution in [3.8, 4) is 11.5 Å². The number of carbonyl (C=O) groups is 2. The molecule has 17 heavy (non-hydrogen) atoms. The second kappa shape index (κ2) is 3.65. The number of piperazine rings is 1. The van der Waals surface area contributed by atoms with Gasteiger partial charge >= 0.3 is 11.8 Å². The molecule has 2 aliphatic heterocycles. The van der Waals surface area contributed by atoms with E-state index < -0.39 is 11.8 Å². The lowest BCUT2D eigenvalue weighted by atomic mass is 10.0. The van der Waals surface area contributed by atoms with Crippen LogP contribution in [0.2, 0.25) is 0 Å². The topological polar surface area (TPSA) is 76.7 Å². The molecule has 2 N–H and O–H groups in total. The molecule has 6 nitrogen and oxygen atoms in total. The summed E-state index contributed by atoms with van der Waals surface area (Å²) in [5.41, 5.74) is 0.877. The van der Waals surface area contributed by atoms with Crippen LogP contribution < -0.4 is 20.1 Å². The number of rotatable bonds is 1. The van der Waals surface area contributed by atoms with E-state index in [1.165, 1.54) is 0 Å². The number of hydrogen-bond donors (Lipinski definition) is 2. The Morgan fingerprint density at radius 3 is 2.76 bits per heavy atom. The minimum Gasteiger partial charge on any atom is -0.454 e. The summed E-state index contributed by atoms with van der Waals surface area (Å²) in [5, 5.41) is 5.15. The molecule has 0 saturated carbocycles. The van der Waals surface area contributed by atoms with E-state index in [2.05, 4.69) is 10.6 Å². The molecule has 1 aromatic carbocycles. The Balaban J connectivity index is 1.85. The highest BCUT2D eigenvalue weighted by molar-refractivity contribution is 6.35. The van der Waals surface area contributed by atoms with Gasteiger partial charge in [0.25, 0.3) is 0 Å². The molecule has 1 unspecified atom stereocenters. The molecule has 0 aliphatic carbocycles. The summed E-state index contributed by atoms with van der Waals surface area (Å²) < 4.78 is 10.5. The van der Waals surface area contributed by atoms with Crippen molar-refractivity contribution in [1.82, 2.24) is 10.6 Å². The summed E-state index contributed by atoms with van der Waals surface area (Å²) >= 11 is 0. The minimum absolute atomic E-state index is 0.215. The van der Waals surface area contributed by atoms with E-state index in [0.717, 1.165) is 5.56 Å². The third-order valence-corrected chi connectivity index (χ3v) is 2.78. The van der Waals surface area contributed by atoms with Gasteiger partial charge in [0.05, 0.1) is 6.04 Å². The number of hydrogen-bond acceptors (Lipinski definition) is 4. The van der Waals surface area contributed by atoms with Gasteiger partial charge in [-0.25, -0.2) is 0 Å². The first kappa shape index (κ1) is 9.95. The molecule has 0 spiro atoms. The Hall–Kier alpha value is -2.24. The second-order valence-corrected chi connectivity index (χ2v) is 3.85. The highest BCUT2D eigenvalue weighted by atomic mass is 16.7. The third kappa shape index (κ3) is 1.67. The van der Waals surface area contributed by atoms with Crippen molar-refractivity contribution in [3.05, 3.63) is 23.8 Å². The zero-order chi connectivity index (χ0) is 11.8. The molecule has 1 aromatic rings. The SMILES string of the molecule is O=C1NCC(c2ccc3c(c2)OCO3)NC1=O. The fourth-order valence-electron chi connectivity index (χ4n) is 1.88. The maximum Gasteiger partial charge on any atom is 0.309 e. The second-order valence-electron chi connectivity index (χ2n) is 3.85. The molecule has 88 valence electrons. The monoisotopic (exact) mass is 234 g/mol. The van der Waals surface area contributed by atoms with Gasteiger partial charge in [-0.2, -0.15) is 0 Å². The molecule has 2 aliphatic rings. The predicted molar refractivity (Wildman–Crippen MR) is 56.5 cm³/mol. The normalized spacial score (nSPS) is 22.0. The first-order chi connectivity index (χ1) is 8.24. The highest BCUT2D eigenvalue weighted by Gasteiger charge is 2.27. The fourth-order valence-corrected chi connectivity index (χ4v) is 1.88. The van der Waals surface area contributed by atoms with Crippen LogP contribution in [0.3, 0.4) is 0 Å². The van der Waals surface area contributed by atoms with E-state index in [4.69, 9.17) is 9.47 Å². The molecular weight excluding hydrogens is 224 g/mol. The lowest BCUT2D eigenvalue weighted by molar-refractivity contribution is -0.141. The fraction of sp³-hybridized carbons (Fsp3) is 0.273. The smallest absolute Gasteiger partial charge is 0.309 e. The maximum atomic E-state index is 11.2. The van der Waals surface area contributed by atoms with Crippen LogP contribution in [0.25, 0.3) is 0 Å². The molecule has 0 radical (unpaired) electrons. The Bertz CT molecular complexity index is 500. The summed E-state index contributed by atoms with van der Waals surface area (Å²) in [7, 11) is 0. The van der Waals surface area contributed by atoms with Crippen molar-refractivity contribution in [2.24, 2.45) is 0 Å². The Labute approximate surface area is 96.9 Å². The first-order valence-corrected chi connectivity index (χ1v) is 5.22. The summed E-state index contributed by atoms with van der Waals surface area (Å²) in [4.78, 5) is 22.2. The Kier molecular flexibility index (Phi) is 2.14. The van der Waals surface area contributed by atoms with Gasteiger partial charge < -0.3 is 20.1 Å². The number of ether oxygens (including phenoxy) is 2. The van der Waals surface area contributed by atoms with E-state index in [-0.39, 0.29) is 12.8 Å². The summed E-state index contributed by atoms with van der Waals surface area (Å²) in [6.07, 6.45) is 0. The summed E-state index contributed by atoms with van der Waals surface area (Å²) in [5.74, 6) is 0.148. The van der Waals surface area contributed by atoms with Crippen molar-refractivity contribution >= 4 is 11.8 Å². The zero-order valence-electron chi connectivity index (χ0n) is 8.86. The number of nitrogens with one attached hydrogen (secondary N) is 2. The Morgan fingerprint density at radius 2 is 1.94 bits per heavy atom. The molecule has 1 fully saturated rings. The molecule has 3 rings (SSSR count). The van der Waals surface area contributed by atoms with E-state index in [9.17, 15) is 9.59 Å². The molecule has 1 saturated heterocycles. The molecule has 0 bridgehead atoms. The van der Waals surface area contributed by atoms with Crippen LogP contribution in [0.1, 0.15) is 11.6 Å². The first-order valence-electron chi connectivity index (χ1n) is 5.22.